The summed E-state index contributed by atoms with van der Waals surface area (Å²) in [4.78, 5) is 44.5. The van der Waals surface area contributed by atoms with E-state index in [2.05, 4.69) is 48.0 Å². The van der Waals surface area contributed by atoms with Gasteiger partial charge in [0, 0.05) is 56.4 Å². The van der Waals surface area contributed by atoms with Gasteiger partial charge in [-0.05, 0) is 80.5 Å². The molecule has 1 N–H and O–H groups in total. The third-order valence-electron chi connectivity index (χ3n) is 9.76. The average molecular weight is 553 g/mol. The quantitative estimate of drug-likeness (QED) is 0.330. The Kier molecular flexibility index (Phi) is 10.3. The number of anilines is 2. The highest BCUT2D eigenvalue weighted by Crippen LogP contribution is 2.43. The standard InChI is InChI=1S/C33H52N4O3/c1-6-9-31(39)37(29-12-13-30(38)34-32(29)40)28-11-10-27(21-25(28)5)35-19-15-26(16-20-35)36-22-33(23-36,17-7-2)18-14-24(4)8-3/h10-11,21,24,26,29H,6-9,12-20,22-23H2,1-5H3,(H,34,38,40). The van der Waals surface area contributed by atoms with Crippen molar-refractivity contribution in [1.29, 1.82) is 0 Å². The van der Waals surface area contributed by atoms with Crippen molar-refractivity contribution in [2.45, 2.75) is 117 Å². The monoisotopic (exact) mass is 552 g/mol. The van der Waals surface area contributed by atoms with Gasteiger partial charge >= 0.3 is 0 Å². The van der Waals surface area contributed by atoms with Crippen LogP contribution in [-0.4, -0.2) is 60.9 Å². The number of carbonyl (C=O) groups excluding carboxylic acids is 3. The van der Waals surface area contributed by atoms with Crippen LogP contribution in [0, 0.1) is 18.3 Å². The molecule has 0 aliphatic carbocycles. The van der Waals surface area contributed by atoms with Gasteiger partial charge < -0.3 is 4.90 Å². The number of amides is 3. The van der Waals surface area contributed by atoms with Gasteiger partial charge in [-0.1, -0.05) is 47.0 Å². The molecule has 3 amide bonds. The third kappa shape index (κ3) is 6.89. The number of carbonyl (C=O) groups is 3. The molecule has 1 aromatic carbocycles. The van der Waals surface area contributed by atoms with Crippen LogP contribution in [0.15, 0.2) is 18.2 Å². The maximum Gasteiger partial charge on any atom is 0.249 e. The molecule has 1 aromatic rings. The molecule has 3 aliphatic heterocycles. The fourth-order valence-electron chi connectivity index (χ4n) is 7.14. The maximum atomic E-state index is 13.2. The first-order valence-electron chi connectivity index (χ1n) is 16.0. The summed E-state index contributed by atoms with van der Waals surface area (Å²) >= 11 is 0. The molecule has 2 atom stereocenters. The van der Waals surface area contributed by atoms with Crippen molar-refractivity contribution >= 4 is 29.1 Å². The fraction of sp³-hybridized carbons (Fsp3) is 0.727. The van der Waals surface area contributed by atoms with Crippen LogP contribution in [0.5, 0.6) is 0 Å². The summed E-state index contributed by atoms with van der Waals surface area (Å²) in [6.45, 7) is 15.7. The second-order valence-corrected chi connectivity index (χ2v) is 12.9. The molecule has 2 unspecified atom stereocenters. The minimum atomic E-state index is -0.640. The number of piperidine rings is 2. The summed E-state index contributed by atoms with van der Waals surface area (Å²) in [5.41, 5.74) is 3.49. The Balaban J connectivity index is 1.38. The van der Waals surface area contributed by atoms with Gasteiger partial charge in [-0.2, -0.15) is 0 Å². The molecule has 7 heteroatoms. The molecule has 3 aliphatic rings. The maximum absolute atomic E-state index is 13.2. The highest BCUT2D eigenvalue weighted by Gasteiger charge is 2.45. The van der Waals surface area contributed by atoms with Crippen LogP contribution in [0.2, 0.25) is 0 Å². The highest BCUT2D eigenvalue weighted by molar-refractivity contribution is 6.07. The normalized spacial score (nSPS) is 22.5. The van der Waals surface area contributed by atoms with E-state index in [1.165, 1.54) is 63.7 Å². The summed E-state index contributed by atoms with van der Waals surface area (Å²) in [6.07, 6.45) is 10.8. The van der Waals surface area contributed by atoms with Gasteiger partial charge in [0.15, 0.2) is 0 Å². The molecule has 3 saturated heterocycles. The SMILES string of the molecule is CCCC(=O)N(c1ccc(N2CCC(N3CC(CCC)(CCC(C)CC)C3)CC2)cc1C)C1CCC(=O)NC1=O. The molecule has 3 fully saturated rings. The predicted molar refractivity (Wildman–Crippen MR) is 163 cm³/mol. The predicted octanol–water partition coefficient (Wildman–Crippen LogP) is 5.83. The van der Waals surface area contributed by atoms with E-state index in [0.29, 0.717) is 30.7 Å². The van der Waals surface area contributed by atoms with Crippen LogP contribution in [0.4, 0.5) is 11.4 Å². The van der Waals surface area contributed by atoms with Gasteiger partial charge in [0.25, 0.3) is 0 Å². The van der Waals surface area contributed by atoms with E-state index in [0.717, 1.165) is 30.3 Å². The van der Waals surface area contributed by atoms with Crippen molar-refractivity contribution in [3.8, 4) is 0 Å². The molecule has 7 nitrogen and oxygen atoms in total. The van der Waals surface area contributed by atoms with E-state index in [9.17, 15) is 14.4 Å². The molecular formula is C33H52N4O3. The number of aryl methyl sites for hydroxylation is 1. The Hall–Kier alpha value is -2.41. The average Bonchev–Trinajstić information content (AvgIpc) is 2.92. The molecule has 222 valence electrons. The summed E-state index contributed by atoms with van der Waals surface area (Å²) in [6, 6.07) is 6.31. The zero-order valence-electron chi connectivity index (χ0n) is 25.6. The number of likely N-dealkylation sites (tertiary alicyclic amines) is 1. The molecular weight excluding hydrogens is 500 g/mol. The Morgan fingerprint density at radius 3 is 2.40 bits per heavy atom. The van der Waals surface area contributed by atoms with Crippen molar-refractivity contribution < 1.29 is 14.4 Å². The third-order valence-corrected chi connectivity index (χ3v) is 9.76. The van der Waals surface area contributed by atoms with Gasteiger partial charge in [0.05, 0.1) is 0 Å². The summed E-state index contributed by atoms with van der Waals surface area (Å²) < 4.78 is 0. The lowest BCUT2D eigenvalue weighted by Gasteiger charge is -2.55. The van der Waals surface area contributed by atoms with E-state index in [1.54, 1.807) is 4.90 Å². The topological polar surface area (TPSA) is 73.0 Å². The Labute approximate surface area is 242 Å². The zero-order chi connectivity index (χ0) is 28.9. The van der Waals surface area contributed by atoms with Gasteiger partial charge in [-0.15, -0.1) is 0 Å². The minimum Gasteiger partial charge on any atom is -0.371 e. The van der Waals surface area contributed by atoms with Gasteiger partial charge in [-0.3, -0.25) is 29.5 Å². The first kappa shape index (κ1) is 30.5. The smallest absolute Gasteiger partial charge is 0.249 e. The molecule has 0 radical (unpaired) electrons. The Morgan fingerprint density at radius 2 is 1.80 bits per heavy atom. The van der Waals surface area contributed by atoms with Crippen molar-refractivity contribution in [2.75, 3.05) is 36.0 Å². The molecule has 3 heterocycles. The van der Waals surface area contributed by atoms with Gasteiger partial charge in [0.1, 0.15) is 6.04 Å². The number of rotatable bonds is 12. The van der Waals surface area contributed by atoms with Crippen LogP contribution < -0.4 is 15.1 Å². The lowest BCUT2D eigenvalue weighted by Crippen LogP contribution is -2.61. The van der Waals surface area contributed by atoms with Crippen molar-refractivity contribution in [2.24, 2.45) is 11.3 Å². The molecule has 0 saturated carbocycles. The first-order valence-corrected chi connectivity index (χ1v) is 16.0. The first-order chi connectivity index (χ1) is 19.2. The van der Waals surface area contributed by atoms with Crippen molar-refractivity contribution in [1.82, 2.24) is 10.2 Å². The van der Waals surface area contributed by atoms with Crippen molar-refractivity contribution in [3.63, 3.8) is 0 Å². The van der Waals surface area contributed by atoms with Crippen LogP contribution in [0.25, 0.3) is 0 Å². The van der Waals surface area contributed by atoms with Crippen LogP contribution in [-0.2, 0) is 14.4 Å². The Morgan fingerprint density at radius 1 is 1.07 bits per heavy atom. The second-order valence-electron chi connectivity index (χ2n) is 12.9. The second kappa shape index (κ2) is 13.5. The molecule has 40 heavy (non-hydrogen) atoms. The van der Waals surface area contributed by atoms with Crippen LogP contribution in [0.3, 0.4) is 0 Å². The van der Waals surface area contributed by atoms with E-state index in [-0.39, 0.29) is 24.1 Å². The Bertz CT molecular complexity index is 1040. The van der Waals surface area contributed by atoms with Gasteiger partial charge in [0.2, 0.25) is 17.7 Å². The number of benzene rings is 1. The van der Waals surface area contributed by atoms with Crippen molar-refractivity contribution in [3.05, 3.63) is 23.8 Å². The van der Waals surface area contributed by atoms with Crippen LogP contribution in [0.1, 0.15) is 104 Å². The number of hydrogen-bond acceptors (Lipinski definition) is 5. The van der Waals surface area contributed by atoms with Crippen LogP contribution >= 0.6 is 0 Å². The molecule has 4 rings (SSSR count). The summed E-state index contributed by atoms with van der Waals surface area (Å²) in [5.74, 6) is 0.133. The number of hydrogen-bond donors (Lipinski definition) is 1. The van der Waals surface area contributed by atoms with E-state index in [1.807, 2.05) is 19.9 Å². The molecule has 0 spiro atoms. The zero-order valence-corrected chi connectivity index (χ0v) is 25.6. The number of imide groups is 1. The van der Waals surface area contributed by atoms with E-state index >= 15 is 0 Å². The molecule has 0 aromatic heterocycles. The van der Waals surface area contributed by atoms with Gasteiger partial charge in [-0.25, -0.2) is 0 Å². The largest absolute Gasteiger partial charge is 0.371 e. The molecule has 0 bridgehead atoms. The number of nitrogens with zero attached hydrogens (tertiary/aromatic N) is 3. The fourth-order valence-corrected chi connectivity index (χ4v) is 7.14. The van der Waals surface area contributed by atoms with E-state index < -0.39 is 6.04 Å². The lowest BCUT2D eigenvalue weighted by atomic mass is 9.70. The summed E-state index contributed by atoms with van der Waals surface area (Å²) in [5, 5.41) is 2.42. The van der Waals surface area contributed by atoms with E-state index in [4.69, 9.17) is 0 Å². The highest BCUT2D eigenvalue weighted by atomic mass is 16.2. The number of nitrogens with one attached hydrogen (secondary N) is 1. The minimum absolute atomic E-state index is 0.0634. The summed E-state index contributed by atoms with van der Waals surface area (Å²) in [7, 11) is 0. The lowest BCUT2D eigenvalue weighted by molar-refractivity contribution is -0.135.